The van der Waals surface area contributed by atoms with E-state index in [4.69, 9.17) is 33.2 Å². The zero-order valence-electron chi connectivity index (χ0n) is 12.6. The van der Waals surface area contributed by atoms with Crippen molar-refractivity contribution in [3.05, 3.63) is 41.0 Å². The molecule has 0 unspecified atom stereocenters. The standard InChI is InChI=1S/C15H14ClN5O2S/c1-21(15(18)19)14(22)11-6-8-9(16)4-7(5-10(8)20-11)23-13-3-2-12(17)24-13/h2-6,20H,17H2,1H3,(H3,18,19). The lowest BCUT2D eigenvalue weighted by molar-refractivity contribution is 0.0864. The Morgan fingerprint density at radius 3 is 2.75 bits per heavy atom. The molecule has 0 aliphatic heterocycles. The third-order valence-electron chi connectivity index (χ3n) is 3.38. The van der Waals surface area contributed by atoms with Crippen LogP contribution in [-0.2, 0) is 0 Å². The summed E-state index contributed by atoms with van der Waals surface area (Å²) in [6, 6.07) is 8.54. The van der Waals surface area contributed by atoms with Crippen molar-refractivity contribution in [2.45, 2.75) is 0 Å². The van der Waals surface area contributed by atoms with Crippen molar-refractivity contribution in [1.29, 1.82) is 5.41 Å². The predicted molar refractivity (Wildman–Crippen MR) is 96.1 cm³/mol. The Kier molecular flexibility index (Phi) is 4.08. The number of anilines is 1. The van der Waals surface area contributed by atoms with Gasteiger partial charge >= 0.3 is 0 Å². The lowest BCUT2D eigenvalue weighted by atomic mass is 10.2. The number of fused-ring (bicyclic) bond motifs is 1. The minimum Gasteiger partial charge on any atom is -0.446 e. The Bertz CT molecular complexity index is 949. The second-order valence-electron chi connectivity index (χ2n) is 5.06. The van der Waals surface area contributed by atoms with Gasteiger partial charge in [-0.3, -0.25) is 15.1 Å². The van der Waals surface area contributed by atoms with E-state index >= 15 is 0 Å². The number of benzene rings is 1. The number of hydrogen-bond donors (Lipinski definition) is 4. The van der Waals surface area contributed by atoms with Gasteiger partial charge in [0.15, 0.2) is 11.0 Å². The molecule has 3 aromatic rings. The van der Waals surface area contributed by atoms with E-state index in [9.17, 15) is 4.79 Å². The number of nitrogens with zero attached hydrogens (tertiary/aromatic N) is 1. The van der Waals surface area contributed by atoms with Gasteiger partial charge in [0.1, 0.15) is 11.4 Å². The van der Waals surface area contributed by atoms with Crippen LogP contribution in [0.15, 0.2) is 30.3 Å². The van der Waals surface area contributed by atoms with Gasteiger partial charge in [-0.2, -0.15) is 0 Å². The topological polar surface area (TPSA) is 121 Å². The first-order valence-corrected chi connectivity index (χ1v) is 8.02. The van der Waals surface area contributed by atoms with E-state index in [2.05, 4.69) is 4.98 Å². The first kappa shape index (κ1) is 16.2. The van der Waals surface area contributed by atoms with Gasteiger partial charge in [0.05, 0.1) is 15.5 Å². The van der Waals surface area contributed by atoms with Crippen molar-refractivity contribution in [2.75, 3.05) is 12.8 Å². The number of aromatic amines is 1. The minimum atomic E-state index is -0.428. The molecule has 6 N–H and O–H groups in total. The van der Waals surface area contributed by atoms with Crippen LogP contribution in [0.25, 0.3) is 10.9 Å². The molecule has 0 fully saturated rings. The molecular weight excluding hydrogens is 350 g/mol. The number of guanidine groups is 1. The number of nitrogens with one attached hydrogen (secondary N) is 2. The first-order valence-electron chi connectivity index (χ1n) is 6.82. The largest absolute Gasteiger partial charge is 0.446 e. The summed E-state index contributed by atoms with van der Waals surface area (Å²) in [5.41, 5.74) is 11.9. The molecule has 0 saturated heterocycles. The lowest BCUT2D eigenvalue weighted by Gasteiger charge is -2.12. The van der Waals surface area contributed by atoms with Crippen LogP contribution in [-0.4, -0.2) is 28.8 Å². The Morgan fingerprint density at radius 2 is 2.12 bits per heavy atom. The summed E-state index contributed by atoms with van der Waals surface area (Å²) in [6.07, 6.45) is 0. The van der Waals surface area contributed by atoms with Gasteiger partial charge in [0.25, 0.3) is 5.91 Å². The zero-order valence-corrected chi connectivity index (χ0v) is 14.2. The van der Waals surface area contributed by atoms with E-state index in [0.29, 0.717) is 31.7 Å². The fraction of sp³-hybridized carbons (Fsp3) is 0.0667. The number of carbonyl (C=O) groups is 1. The number of nitrogen functional groups attached to an aromatic ring is 1. The number of ether oxygens (including phenoxy) is 1. The van der Waals surface area contributed by atoms with Gasteiger partial charge in [-0.15, -0.1) is 0 Å². The van der Waals surface area contributed by atoms with Crippen LogP contribution in [0.2, 0.25) is 5.02 Å². The normalized spacial score (nSPS) is 10.8. The number of thiophene rings is 1. The molecule has 124 valence electrons. The summed E-state index contributed by atoms with van der Waals surface area (Å²) in [6.45, 7) is 0. The molecule has 1 aromatic carbocycles. The molecule has 0 spiro atoms. The zero-order chi connectivity index (χ0) is 17.4. The highest BCUT2D eigenvalue weighted by Crippen LogP contribution is 2.35. The number of H-pyrrole nitrogens is 1. The highest BCUT2D eigenvalue weighted by molar-refractivity contribution is 7.17. The summed E-state index contributed by atoms with van der Waals surface area (Å²) < 4.78 is 5.73. The maximum atomic E-state index is 12.2. The van der Waals surface area contributed by atoms with E-state index in [-0.39, 0.29) is 11.7 Å². The maximum absolute atomic E-state index is 12.2. The number of rotatable bonds is 3. The summed E-state index contributed by atoms with van der Waals surface area (Å²) in [5, 5.41) is 9.74. The van der Waals surface area contributed by atoms with E-state index in [0.717, 1.165) is 4.90 Å². The number of carbonyl (C=O) groups excluding carboxylic acids is 1. The van der Waals surface area contributed by atoms with Gasteiger partial charge in [0.2, 0.25) is 0 Å². The molecule has 0 bridgehead atoms. The van der Waals surface area contributed by atoms with E-state index in [1.807, 2.05) is 0 Å². The van der Waals surface area contributed by atoms with Crippen LogP contribution in [0, 0.1) is 5.41 Å². The number of nitrogens with two attached hydrogens (primary N) is 2. The van der Waals surface area contributed by atoms with Gasteiger partial charge in [0, 0.05) is 24.6 Å². The van der Waals surface area contributed by atoms with Gasteiger partial charge in [-0.1, -0.05) is 22.9 Å². The molecule has 9 heteroatoms. The van der Waals surface area contributed by atoms with E-state index in [1.165, 1.54) is 18.4 Å². The lowest BCUT2D eigenvalue weighted by Crippen LogP contribution is -2.38. The van der Waals surface area contributed by atoms with Crippen molar-refractivity contribution in [1.82, 2.24) is 9.88 Å². The van der Waals surface area contributed by atoms with Crippen LogP contribution in [0.1, 0.15) is 10.5 Å². The highest BCUT2D eigenvalue weighted by Gasteiger charge is 2.18. The van der Waals surface area contributed by atoms with Crippen LogP contribution < -0.4 is 16.2 Å². The quantitative estimate of drug-likeness (QED) is 0.421. The summed E-state index contributed by atoms with van der Waals surface area (Å²) in [5.74, 6) is -0.248. The monoisotopic (exact) mass is 363 g/mol. The third kappa shape index (κ3) is 3.01. The molecule has 3 rings (SSSR count). The van der Waals surface area contributed by atoms with Crippen LogP contribution in [0.4, 0.5) is 5.00 Å². The Hall–Kier alpha value is -2.71. The molecule has 2 aromatic heterocycles. The van der Waals surface area contributed by atoms with Crippen LogP contribution >= 0.6 is 22.9 Å². The fourth-order valence-corrected chi connectivity index (χ4v) is 3.04. The van der Waals surface area contributed by atoms with Crippen molar-refractivity contribution in [3.63, 3.8) is 0 Å². The number of aromatic nitrogens is 1. The molecular formula is C15H14ClN5O2S. The third-order valence-corrected chi connectivity index (χ3v) is 4.48. The van der Waals surface area contributed by atoms with Crippen molar-refractivity contribution in [3.8, 4) is 10.8 Å². The molecule has 0 aliphatic rings. The average molecular weight is 364 g/mol. The molecule has 0 radical (unpaired) electrons. The van der Waals surface area contributed by atoms with Crippen LogP contribution in [0.3, 0.4) is 0 Å². The predicted octanol–water partition coefficient (Wildman–Crippen LogP) is 3.22. The fourth-order valence-electron chi connectivity index (χ4n) is 2.14. The smallest absolute Gasteiger partial charge is 0.276 e. The summed E-state index contributed by atoms with van der Waals surface area (Å²) >= 11 is 7.60. The second-order valence-corrected chi connectivity index (χ2v) is 6.54. The van der Waals surface area contributed by atoms with E-state index < -0.39 is 5.91 Å². The van der Waals surface area contributed by atoms with Crippen LogP contribution in [0.5, 0.6) is 10.8 Å². The van der Waals surface area contributed by atoms with Gasteiger partial charge in [-0.25, -0.2) is 0 Å². The molecule has 24 heavy (non-hydrogen) atoms. The van der Waals surface area contributed by atoms with Crippen molar-refractivity contribution < 1.29 is 9.53 Å². The molecule has 1 amide bonds. The second kappa shape index (κ2) is 6.06. The van der Waals surface area contributed by atoms with Gasteiger partial charge in [-0.05, 0) is 18.2 Å². The SMILES string of the molecule is CN(C(=N)N)C(=O)c1cc2c(Cl)cc(Oc3ccc(N)s3)cc2[nH]1. The molecule has 7 nitrogen and oxygen atoms in total. The first-order chi connectivity index (χ1) is 11.3. The number of hydrogen-bond acceptors (Lipinski definition) is 5. The Labute approximate surface area is 146 Å². The Balaban J connectivity index is 1.96. The minimum absolute atomic E-state index is 0.280. The van der Waals surface area contributed by atoms with Crippen molar-refractivity contribution >= 4 is 50.7 Å². The van der Waals surface area contributed by atoms with E-state index in [1.54, 1.807) is 30.3 Å². The average Bonchev–Trinajstić information content (AvgIpc) is 3.12. The molecule has 2 heterocycles. The summed E-state index contributed by atoms with van der Waals surface area (Å²) in [4.78, 5) is 16.2. The van der Waals surface area contributed by atoms with Crippen molar-refractivity contribution in [2.24, 2.45) is 5.73 Å². The van der Waals surface area contributed by atoms with Gasteiger partial charge < -0.3 is 21.2 Å². The Morgan fingerprint density at radius 1 is 1.38 bits per heavy atom. The summed E-state index contributed by atoms with van der Waals surface area (Å²) in [7, 11) is 1.42. The maximum Gasteiger partial charge on any atom is 0.276 e. The molecule has 0 saturated carbocycles. The molecule has 0 atom stereocenters. The number of amides is 1. The molecule has 0 aliphatic carbocycles. The highest BCUT2D eigenvalue weighted by atomic mass is 35.5. The number of halogens is 1.